The summed E-state index contributed by atoms with van der Waals surface area (Å²) in [6, 6.07) is 50.6. The number of nitrogens with zero attached hydrogens (tertiary/aromatic N) is 2. The molecular weight excluding hydrogens is 729 g/mol. The predicted octanol–water partition coefficient (Wildman–Crippen LogP) is 15.7. The molecule has 9 rings (SSSR count). The molecule has 4 aromatic carbocycles. The van der Waals surface area contributed by atoms with Crippen LogP contribution in [0.4, 0.5) is 0 Å². The summed E-state index contributed by atoms with van der Waals surface area (Å²) in [5, 5.41) is 0. The highest BCUT2D eigenvalue weighted by Gasteiger charge is 2.36. The number of aromatic amines is 2. The zero-order valence-electron chi connectivity index (χ0n) is 35.3. The maximum Gasteiger partial charge on any atom is 0.0737 e. The molecule has 0 saturated heterocycles. The van der Waals surface area contributed by atoms with Crippen LogP contribution in [0.3, 0.4) is 0 Å². The molecule has 2 aliphatic heterocycles. The molecule has 2 unspecified atom stereocenters. The highest BCUT2D eigenvalue weighted by atomic mass is 14.8. The molecular formula is C56H56N4. The SMILES string of the molecule is CCCCc1cc2[nH]c1c(-c1ccccc1)c1nc(c(-c3ccccc3)c3ccc([nH]3)c(-c3ccccc3)c3nc(c2-c2ccccc2)C(CCCC)C3CCCC)C=C1. The summed E-state index contributed by atoms with van der Waals surface area (Å²) < 4.78 is 0. The lowest BCUT2D eigenvalue weighted by molar-refractivity contribution is 0.468. The molecule has 0 saturated carbocycles. The van der Waals surface area contributed by atoms with Crippen molar-refractivity contribution in [3.63, 3.8) is 0 Å². The second-order valence-corrected chi connectivity index (χ2v) is 16.5. The molecule has 7 aromatic rings. The van der Waals surface area contributed by atoms with Crippen molar-refractivity contribution < 1.29 is 0 Å². The van der Waals surface area contributed by atoms with Gasteiger partial charge in [0.25, 0.3) is 0 Å². The Morgan fingerprint density at radius 3 is 1.37 bits per heavy atom. The average Bonchev–Trinajstić information content (AvgIpc) is 4.12. The number of rotatable bonds is 13. The molecule has 2 aliphatic rings. The Labute approximate surface area is 355 Å². The predicted molar refractivity (Wildman–Crippen MR) is 255 cm³/mol. The quantitative estimate of drug-likeness (QED) is 0.122. The normalized spacial score (nSPS) is 14.8. The van der Waals surface area contributed by atoms with Crippen LogP contribution in [0.2, 0.25) is 0 Å². The maximum absolute atomic E-state index is 6.02. The molecule has 4 heteroatoms. The van der Waals surface area contributed by atoms with Gasteiger partial charge in [0.1, 0.15) is 0 Å². The first kappa shape index (κ1) is 39.2. The van der Waals surface area contributed by atoms with Crippen LogP contribution in [0, 0.1) is 0 Å². The van der Waals surface area contributed by atoms with Crippen LogP contribution in [0.5, 0.6) is 0 Å². The lowest BCUT2D eigenvalue weighted by atomic mass is 9.79. The number of fused-ring (bicyclic) bond motifs is 8. The number of unbranched alkanes of at least 4 members (excludes halogenated alkanes) is 3. The Balaban J connectivity index is 1.53. The van der Waals surface area contributed by atoms with Gasteiger partial charge >= 0.3 is 0 Å². The van der Waals surface area contributed by atoms with E-state index in [-0.39, 0.29) is 11.8 Å². The van der Waals surface area contributed by atoms with Gasteiger partial charge in [-0.2, -0.15) is 0 Å². The van der Waals surface area contributed by atoms with E-state index in [2.05, 4.69) is 182 Å². The van der Waals surface area contributed by atoms with E-state index in [9.17, 15) is 0 Å². The standard InChI is InChI=1S/C56H56N4/c1-4-7-22-42-37-49-53(41-29-20-13-21-30-41)56-44(32-9-6-3)43(31-8-5-2)55(60-56)52(40-27-18-12-19-28-40)48-36-34-46(58-48)50(38-23-14-10-15-24-38)45-33-35-47(57-45)51(54(42)59-49)39-25-16-11-17-26-39/h10-21,23-30,33-37,43-44,58-59H,4-9,22,31-32H2,1-3H3. The van der Waals surface area contributed by atoms with Crippen molar-refractivity contribution in [2.75, 3.05) is 0 Å². The number of benzene rings is 4. The Kier molecular flexibility index (Phi) is 11.7. The van der Waals surface area contributed by atoms with Crippen LogP contribution in [-0.2, 0) is 6.42 Å². The van der Waals surface area contributed by atoms with Crippen LogP contribution in [0.15, 0.2) is 140 Å². The summed E-state index contributed by atoms with van der Waals surface area (Å²) in [4.78, 5) is 19.7. The van der Waals surface area contributed by atoms with Gasteiger partial charge in [0.05, 0.1) is 28.3 Å². The molecule has 5 heterocycles. The summed E-state index contributed by atoms with van der Waals surface area (Å²) in [5.74, 6) is 0.527. The minimum Gasteiger partial charge on any atom is -0.354 e. The summed E-state index contributed by atoms with van der Waals surface area (Å²) in [5.41, 5.74) is 19.3. The van der Waals surface area contributed by atoms with Crippen LogP contribution >= 0.6 is 0 Å². The summed E-state index contributed by atoms with van der Waals surface area (Å²) >= 11 is 0. The number of hydrogen-bond acceptors (Lipinski definition) is 2. The molecule has 2 N–H and O–H groups in total. The Hall–Kier alpha value is -6.26. The molecule has 8 bridgehead atoms. The summed E-state index contributed by atoms with van der Waals surface area (Å²) in [6.45, 7) is 6.93. The topological polar surface area (TPSA) is 57.4 Å². The minimum atomic E-state index is 0.263. The van der Waals surface area contributed by atoms with Gasteiger partial charge in [-0.3, -0.25) is 4.98 Å². The van der Waals surface area contributed by atoms with Crippen molar-refractivity contribution in [1.29, 1.82) is 0 Å². The number of nitrogens with one attached hydrogen (secondary N) is 2. The van der Waals surface area contributed by atoms with Gasteiger partial charge < -0.3 is 9.97 Å². The Morgan fingerprint density at radius 1 is 0.433 bits per heavy atom. The second-order valence-electron chi connectivity index (χ2n) is 16.5. The van der Waals surface area contributed by atoms with E-state index in [1.54, 1.807) is 0 Å². The minimum absolute atomic E-state index is 0.263. The molecule has 0 aliphatic carbocycles. The molecule has 60 heavy (non-hydrogen) atoms. The fourth-order valence-corrected chi connectivity index (χ4v) is 9.59. The highest BCUT2D eigenvalue weighted by molar-refractivity contribution is 5.98. The summed E-state index contributed by atoms with van der Waals surface area (Å²) in [7, 11) is 0. The van der Waals surface area contributed by atoms with Crippen molar-refractivity contribution in [3.05, 3.63) is 168 Å². The van der Waals surface area contributed by atoms with Gasteiger partial charge in [0.2, 0.25) is 0 Å². The molecule has 0 amide bonds. The lowest BCUT2D eigenvalue weighted by Crippen LogP contribution is -2.08. The van der Waals surface area contributed by atoms with E-state index in [0.29, 0.717) is 0 Å². The molecule has 0 radical (unpaired) electrons. The number of aromatic nitrogens is 4. The monoisotopic (exact) mass is 784 g/mol. The van der Waals surface area contributed by atoms with Crippen LogP contribution < -0.4 is 0 Å². The largest absolute Gasteiger partial charge is 0.354 e. The fraction of sp³-hybridized carbons (Fsp3) is 0.250. The van der Waals surface area contributed by atoms with E-state index in [0.717, 1.165) is 113 Å². The van der Waals surface area contributed by atoms with Crippen molar-refractivity contribution >= 4 is 34.2 Å². The van der Waals surface area contributed by atoms with Crippen LogP contribution in [0.1, 0.15) is 112 Å². The summed E-state index contributed by atoms with van der Waals surface area (Å²) in [6.07, 6.45) is 14.4. The third kappa shape index (κ3) is 7.68. The fourth-order valence-electron chi connectivity index (χ4n) is 9.59. The molecule has 2 atom stereocenters. The van der Waals surface area contributed by atoms with Crippen molar-refractivity contribution in [2.45, 2.75) is 90.4 Å². The van der Waals surface area contributed by atoms with E-state index >= 15 is 0 Å². The number of aryl methyl sites for hydroxylation is 1. The molecule has 4 nitrogen and oxygen atoms in total. The van der Waals surface area contributed by atoms with E-state index < -0.39 is 0 Å². The maximum atomic E-state index is 6.02. The first-order valence-electron chi connectivity index (χ1n) is 22.4. The van der Waals surface area contributed by atoms with Gasteiger partial charge in [-0.15, -0.1) is 0 Å². The third-order valence-electron chi connectivity index (χ3n) is 12.5. The van der Waals surface area contributed by atoms with E-state index in [1.807, 2.05) is 0 Å². The zero-order chi connectivity index (χ0) is 40.8. The second kappa shape index (κ2) is 17.9. The van der Waals surface area contributed by atoms with E-state index in [4.69, 9.17) is 9.97 Å². The van der Waals surface area contributed by atoms with Crippen molar-refractivity contribution in [3.8, 4) is 44.5 Å². The van der Waals surface area contributed by atoms with Gasteiger partial charge in [-0.1, -0.05) is 174 Å². The molecule has 0 spiro atoms. The highest BCUT2D eigenvalue weighted by Crippen LogP contribution is 2.50. The van der Waals surface area contributed by atoms with E-state index in [1.165, 1.54) is 39.2 Å². The third-order valence-corrected chi connectivity index (χ3v) is 12.5. The Bertz CT molecular complexity index is 2760. The van der Waals surface area contributed by atoms with Gasteiger partial charge in [0, 0.05) is 50.6 Å². The van der Waals surface area contributed by atoms with Crippen molar-refractivity contribution in [2.24, 2.45) is 0 Å². The number of H-pyrrole nitrogens is 2. The molecule has 300 valence electrons. The Morgan fingerprint density at radius 2 is 0.867 bits per heavy atom. The van der Waals surface area contributed by atoms with Gasteiger partial charge in [-0.25, -0.2) is 4.98 Å². The van der Waals surface area contributed by atoms with Crippen LogP contribution in [0.25, 0.3) is 78.7 Å². The van der Waals surface area contributed by atoms with Gasteiger partial charge in [-0.05, 0) is 83.9 Å². The molecule has 3 aromatic heterocycles. The number of hydrogen-bond donors (Lipinski definition) is 2. The smallest absolute Gasteiger partial charge is 0.0737 e. The average molecular weight is 785 g/mol. The van der Waals surface area contributed by atoms with Crippen molar-refractivity contribution in [1.82, 2.24) is 19.9 Å². The van der Waals surface area contributed by atoms with Crippen LogP contribution in [-0.4, -0.2) is 19.9 Å². The lowest BCUT2D eigenvalue weighted by Gasteiger charge is -2.23. The molecule has 0 fully saturated rings. The first-order chi connectivity index (χ1) is 29.7. The van der Waals surface area contributed by atoms with Gasteiger partial charge in [0.15, 0.2) is 0 Å². The first-order valence-corrected chi connectivity index (χ1v) is 22.4. The zero-order valence-corrected chi connectivity index (χ0v) is 35.3.